The van der Waals surface area contributed by atoms with Crippen LogP contribution in [0.25, 0.3) is 11.8 Å². The van der Waals surface area contributed by atoms with Crippen molar-refractivity contribution in [1.29, 1.82) is 0 Å². The number of hydrogen-bond donors (Lipinski definition) is 1. The van der Waals surface area contributed by atoms with Crippen molar-refractivity contribution in [2.75, 3.05) is 5.73 Å². The lowest BCUT2D eigenvalue weighted by molar-refractivity contribution is 0.777. The molecule has 0 saturated carbocycles. The first-order chi connectivity index (χ1) is 8.33. The van der Waals surface area contributed by atoms with Crippen LogP contribution in [0, 0.1) is 0 Å². The zero-order valence-corrected chi connectivity index (χ0v) is 8.80. The monoisotopic (exact) mass is 227 g/mol. The van der Waals surface area contributed by atoms with E-state index in [9.17, 15) is 0 Å². The highest BCUT2D eigenvalue weighted by molar-refractivity contribution is 5.39. The lowest BCUT2D eigenvalue weighted by atomic mass is 10.5. The highest BCUT2D eigenvalue weighted by Crippen LogP contribution is 2.09. The van der Waals surface area contributed by atoms with E-state index in [-0.39, 0.29) is 0 Å². The first-order valence-corrected chi connectivity index (χ1v) is 4.97. The van der Waals surface area contributed by atoms with Gasteiger partial charge >= 0.3 is 0 Å². The molecule has 2 N–H and O–H groups in total. The van der Waals surface area contributed by atoms with Crippen LogP contribution in [0.3, 0.4) is 0 Å². The molecule has 0 aliphatic carbocycles. The van der Waals surface area contributed by atoms with Crippen molar-refractivity contribution < 1.29 is 0 Å². The zero-order valence-electron chi connectivity index (χ0n) is 8.80. The Morgan fingerprint density at radius 3 is 2.29 bits per heavy atom. The van der Waals surface area contributed by atoms with Gasteiger partial charge in [-0.3, -0.25) is 0 Å². The van der Waals surface area contributed by atoms with E-state index < -0.39 is 0 Å². The molecule has 0 aromatic carbocycles. The standard InChI is InChI=1S/C10H9N7/c11-8-7-9(16-5-1-3-12-16)15-10(14-8)17-6-2-4-13-17/h1-7H,(H2,11,14,15). The van der Waals surface area contributed by atoms with Gasteiger partial charge in [-0.25, -0.2) is 9.36 Å². The van der Waals surface area contributed by atoms with Crippen LogP contribution in [-0.2, 0) is 0 Å². The maximum Gasteiger partial charge on any atom is 0.254 e. The highest BCUT2D eigenvalue weighted by Gasteiger charge is 2.06. The van der Waals surface area contributed by atoms with Gasteiger partial charge in [-0.1, -0.05) is 0 Å². The van der Waals surface area contributed by atoms with Gasteiger partial charge in [-0.2, -0.15) is 20.2 Å². The molecule has 0 fully saturated rings. The Balaban J connectivity index is 2.13. The molecular formula is C10H9N7. The number of anilines is 1. The Hall–Kier alpha value is -2.70. The summed E-state index contributed by atoms with van der Waals surface area (Å²) in [5.41, 5.74) is 5.74. The van der Waals surface area contributed by atoms with Crippen molar-refractivity contribution in [3.8, 4) is 11.8 Å². The summed E-state index contributed by atoms with van der Waals surface area (Å²) in [6.45, 7) is 0. The van der Waals surface area contributed by atoms with Crippen molar-refractivity contribution >= 4 is 5.82 Å². The van der Waals surface area contributed by atoms with Gasteiger partial charge in [0.25, 0.3) is 5.95 Å². The zero-order chi connectivity index (χ0) is 11.7. The number of nitrogens with two attached hydrogens (primary N) is 1. The smallest absolute Gasteiger partial charge is 0.254 e. The molecule has 3 rings (SSSR count). The van der Waals surface area contributed by atoms with Crippen LogP contribution in [0.15, 0.2) is 43.0 Å². The summed E-state index contributed by atoms with van der Waals surface area (Å²) in [6.07, 6.45) is 6.86. The normalized spacial score (nSPS) is 10.6. The molecule has 0 saturated heterocycles. The Morgan fingerprint density at radius 1 is 0.941 bits per heavy atom. The fourth-order valence-electron chi connectivity index (χ4n) is 1.45. The minimum Gasteiger partial charge on any atom is -0.383 e. The Labute approximate surface area is 96.5 Å². The third-order valence-electron chi connectivity index (χ3n) is 2.17. The number of nitrogen functional groups attached to an aromatic ring is 1. The van der Waals surface area contributed by atoms with E-state index in [2.05, 4.69) is 20.2 Å². The fourth-order valence-corrected chi connectivity index (χ4v) is 1.45. The lowest BCUT2D eigenvalue weighted by Crippen LogP contribution is -2.08. The van der Waals surface area contributed by atoms with Crippen molar-refractivity contribution in [2.45, 2.75) is 0 Å². The van der Waals surface area contributed by atoms with E-state index in [1.165, 1.54) is 0 Å². The molecule has 0 radical (unpaired) electrons. The first kappa shape index (κ1) is 9.52. The molecule has 0 amide bonds. The molecule has 0 spiro atoms. The molecule has 0 aliphatic heterocycles. The van der Waals surface area contributed by atoms with Gasteiger partial charge in [-0.15, -0.1) is 0 Å². The summed E-state index contributed by atoms with van der Waals surface area (Å²) in [6, 6.07) is 5.26. The van der Waals surface area contributed by atoms with E-state index >= 15 is 0 Å². The molecule has 3 aromatic rings. The maximum atomic E-state index is 5.74. The molecule has 0 unspecified atom stereocenters. The second-order valence-electron chi connectivity index (χ2n) is 3.35. The highest BCUT2D eigenvalue weighted by atomic mass is 15.4. The van der Waals surface area contributed by atoms with Crippen molar-refractivity contribution in [3.05, 3.63) is 43.0 Å². The van der Waals surface area contributed by atoms with Gasteiger partial charge in [0.05, 0.1) is 0 Å². The van der Waals surface area contributed by atoms with E-state index in [0.29, 0.717) is 17.6 Å². The number of aromatic nitrogens is 6. The molecule has 3 aromatic heterocycles. The number of nitrogens with zero attached hydrogens (tertiary/aromatic N) is 6. The van der Waals surface area contributed by atoms with Crippen LogP contribution in [-0.4, -0.2) is 29.5 Å². The van der Waals surface area contributed by atoms with Gasteiger partial charge in [0.15, 0.2) is 5.82 Å². The average molecular weight is 227 g/mol. The summed E-state index contributed by atoms with van der Waals surface area (Å²) in [7, 11) is 0. The third-order valence-corrected chi connectivity index (χ3v) is 2.17. The summed E-state index contributed by atoms with van der Waals surface area (Å²) < 4.78 is 3.16. The molecule has 7 heteroatoms. The average Bonchev–Trinajstić information content (AvgIpc) is 3.02. The first-order valence-electron chi connectivity index (χ1n) is 4.97. The van der Waals surface area contributed by atoms with Crippen LogP contribution in [0.5, 0.6) is 0 Å². The molecular weight excluding hydrogens is 218 g/mol. The summed E-state index contributed by atoms with van der Waals surface area (Å²) >= 11 is 0. The van der Waals surface area contributed by atoms with Crippen LogP contribution in [0.4, 0.5) is 5.82 Å². The van der Waals surface area contributed by atoms with Gasteiger partial charge in [0.1, 0.15) is 5.82 Å². The molecule has 7 nitrogen and oxygen atoms in total. The summed E-state index contributed by atoms with van der Waals surface area (Å²) in [4.78, 5) is 8.44. The van der Waals surface area contributed by atoms with E-state index in [0.717, 1.165) is 0 Å². The van der Waals surface area contributed by atoms with Gasteiger partial charge in [-0.05, 0) is 12.1 Å². The largest absolute Gasteiger partial charge is 0.383 e. The van der Waals surface area contributed by atoms with Crippen molar-refractivity contribution in [1.82, 2.24) is 29.5 Å². The number of hydrogen-bond acceptors (Lipinski definition) is 5. The van der Waals surface area contributed by atoms with Crippen LogP contribution in [0.1, 0.15) is 0 Å². The van der Waals surface area contributed by atoms with Crippen LogP contribution >= 0.6 is 0 Å². The predicted octanol–water partition coefficient (Wildman–Crippen LogP) is 0.430. The molecule has 84 valence electrons. The quantitative estimate of drug-likeness (QED) is 0.686. The molecule has 0 atom stereocenters. The SMILES string of the molecule is Nc1cc(-n2cccn2)nc(-n2cccn2)n1. The Kier molecular flexibility index (Phi) is 2.08. The van der Waals surface area contributed by atoms with Crippen molar-refractivity contribution in [2.24, 2.45) is 0 Å². The minimum absolute atomic E-state index is 0.371. The summed E-state index contributed by atoms with van der Waals surface area (Å²) in [5.74, 6) is 1.39. The molecule has 0 bridgehead atoms. The van der Waals surface area contributed by atoms with E-state index in [4.69, 9.17) is 5.73 Å². The third kappa shape index (κ3) is 1.73. The molecule has 3 heterocycles. The minimum atomic E-state index is 0.371. The van der Waals surface area contributed by atoms with Gasteiger partial charge < -0.3 is 5.73 Å². The van der Waals surface area contributed by atoms with E-state index in [1.807, 2.05) is 6.07 Å². The number of rotatable bonds is 2. The van der Waals surface area contributed by atoms with Crippen LogP contribution < -0.4 is 5.73 Å². The van der Waals surface area contributed by atoms with E-state index in [1.54, 1.807) is 46.3 Å². The predicted molar refractivity (Wildman–Crippen MR) is 60.7 cm³/mol. The second-order valence-corrected chi connectivity index (χ2v) is 3.35. The van der Waals surface area contributed by atoms with Gasteiger partial charge in [0.2, 0.25) is 0 Å². The second kappa shape index (κ2) is 3.71. The fraction of sp³-hybridized carbons (Fsp3) is 0. The Bertz CT molecular complexity index is 560. The maximum absolute atomic E-state index is 5.74. The van der Waals surface area contributed by atoms with Crippen LogP contribution in [0.2, 0.25) is 0 Å². The Morgan fingerprint density at radius 2 is 1.65 bits per heavy atom. The molecule has 0 aliphatic rings. The topological polar surface area (TPSA) is 87.4 Å². The van der Waals surface area contributed by atoms with Gasteiger partial charge in [0, 0.05) is 30.9 Å². The van der Waals surface area contributed by atoms with Crippen molar-refractivity contribution in [3.63, 3.8) is 0 Å². The molecule has 17 heavy (non-hydrogen) atoms. The lowest BCUT2D eigenvalue weighted by Gasteiger charge is -2.05. The summed E-state index contributed by atoms with van der Waals surface area (Å²) in [5, 5.41) is 8.15.